The van der Waals surface area contributed by atoms with Gasteiger partial charge in [0.25, 0.3) is 0 Å². The lowest BCUT2D eigenvalue weighted by Crippen LogP contribution is -2.38. The van der Waals surface area contributed by atoms with E-state index in [-0.39, 0.29) is 23.0 Å². The number of aryl methyl sites for hydroxylation is 1. The Morgan fingerprint density at radius 1 is 0.918 bits per heavy atom. The lowest BCUT2D eigenvalue weighted by molar-refractivity contribution is -0.162. The second-order valence-corrected chi connectivity index (χ2v) is 15.5. The van der Waals surface area contributed by atoms with Gasteiger partial charge in [-0.3, -0.25) is 9.79 Å². The van der Waals surface area contributed by atoms with Gasteiger partial charge in [-0.25, -0.2) is 13.1 Å². The Bertz CT molecular complexity index is 1850. The van der Waals surface area contributed by atoms with E-state index in [0.717, 1.165) is 77.9 Å². The van der Waals surface area contributed by atoms with Crippen molar-refractivity contribution in [1.82, 2.24) is 4.72 Å². The van der Waals surface area contributed by atoms with E-state index in [1.807, 2.05) is 39.0 Å². The summed E-state index contributed by atoms with van der Waals surface area (Å²) in [6, 6.07) is 22.1. The van der Waals surface area contributed by atoms with E-state index in [1.165, 1.54) is 7.05 Å². The van der Waals surface area contributed by atoms with Crippen LogP contribution < -0.4 is 9.62 Å². The summed E-state index contributed by atoms with van der Waals surface area (Å²) in [5.41, 5.74) is 7.46. The molecule has 2 atom stereocenters. The maximum atomic E-state index is 13.7. The van der Waals surface area contributed by atoms with Crippen LogP contribution in [0.4, 0.5) is 5.69 Å². The van der Waals surface area contributed by atoms with Crippen LogP contribution in [0.3, 0.4) is 0 Å². The van der Waals surface area contributed by atoms with Crippen LogP contribution in [0.15, 0.2) is 88.8 Å². The topological polar surface area (TPSA) is 88.1 Å². The van der Waals surface area contributed by atoms with Gasteiger partial charge >= 0.3 is 5.97 Å². The standard InChI is InChI=1S/C41H51N3O4S/c1-8-41(5,6)40(45)48-36-16-12-11-15-35(36)43-34-27-26-33(39-32(34)14-13-17-37(39)49(46,47)42-7)38(29-20-18-28(4)19-21-29)30-22-24-31(25-23-30)44(9-2)10-3/h13-14,17-27,35-36,42H,8-12,15-16H2,1-7H3. The molecule has 0 amide bonds. The zero-order chi connectivity index (χ0) is 35.3. The molecule has 0 radical (unpaired) electrons. The highest BCUT2D eigenvalue weighted by Gasteiger charge is 2.35. The molecule has 5 rings (SSSR count). The minimum absolute atomic E-state index is 0.195. The summed E-state index contributed by atoms with van der Waals surface area (Å²) in [5.74, 6) is -0.200. The number of allylic oxidation sites excluding steroid dienone is 3. The van der Waals surface area contributed by atoms with E-state index in [1.54, 1.807) is 12.1 Å². The molecule has 0 saturated heterocycles. The third kappa shape index (κ3) is 7.76. The van der Waals surface area contributed by atoms with E-state index in [9.17, 15) is 13.2 Å². The number of fused-ring (bicyclic) bond motifs is 1. The Morgan fingerprint density at radius 2 is 1.55 bits per heavy atom. The molecule has 2 unspecified atom stereocenters. The molecule has 0 aliphatic heterocycles. The van der Waals surface area contributed by atoms with Crippen LogP contribution >= 0.6 is 0 Å². The quantitative estimate of drug-likeness (QED) is 0.206. The number of ether oxygens (including phenoxy) is 1. The van der Waals surface area contributed by atoms with Crippen LogP contribution in [-0.2, 0) is 19.6 Å². The monoisotopic (exact) mass is 681 g/mol. The number of anilines is 1. The van der Waals surface area contributed by atoms with Crippen LogP contribution in [0.1, 0.15) is 94.5 Å². The largest absolute Gasteiger partial charge is 0.460 e. The van der Waals surface area contributed by atoms with Gasteiger partial charge in [-0.1, -0.05) is 73.5 Å². The maximum absolute atomic E-state index is 13.7. The minimum atomic E-state index is -3.85. The predicted octanol–water partition coefficient (Wildman–Crippen LogP) is 8.36. The Balaban J connectivity index is 1.73. The highest BCUT2D eigenvalue weighted by Crippen LogP contribution is 2.41. The normalized spacial score (nSPS) is 19.8. The summed E-state index contributed by atoms with van der Waals surface area (Å²) in [7, 11) is -2.41. The molecule has 3 aromatic carbocycles. The molecule has 1 saturated carbocycles. The Morgan fingerprint density at radius 3 is 2.16 bits per heavy atom. The van der Waals surface area contributed by atoms with E-state index in [2.05, 4.69) is 78.9 Å². The van der Waals surface area contributed by atoms with Gasteiger partial charge in [-0.15, -0.1) is 0 Å². The van der Waals surface area contributed by atoms with Crippen molar-refractivity contribution in [3.63, 3.8) is 0 Å². The highest BCUT2D eigenvalue weighted by atomic mass is 32.2. The van der Waals surface area contributed by atoms with Gasteiger partial charge in [0.1, 0.15) is 6.10 Å². The van der Waals surface area contributed by atoms with Crippen molar-refractivity contribution in [3.8, 4) is 0 Å². The first-order chi connectivity index (χ1) is 23.4. The van der Waals surface area contributed by atoms with Crippen LogP contribution in [0, 0.1) is 12.3 Å². The molecule has 1 N–H and O–H groups in total. The Hall–Kier alpha value is -4.01. The molecule has 1 fully saturated rings. The molecule has 8 heteroatoms. The first kappa shape index (κ1) is 36.3. The summed E-state index contributed by atoms with van der Waals surface area (Å²) in [6.07, 6.45) is 7.87. The van der Waals surface area contributed by atoms with Crippen molar-refractivity contribution >= 4 is 38.5 Å². The number of sulfonamides is 1. The Kier molecular flexibility index (Phi) is 11.3. The molecule has 0 heterocycles. The van der Waals surface area contributed by atoms with E-state index >= 15 is 0 Å². The number of aliphatic imine (C=N–C) groups is 1. The van der Waals surface area contributed by atoms with E-state index in [0.29, 0.717) is 17.7 Å². The first-order valence-electron chi connectivity index (χ1n) is 17.6. The first-order valence-corrected chi connectivity index (χ1v) is 19.1. The lowest BCUT2D eigenvalue weighted by atomic mass is 9.83. The second kappa shape index (κ2) is 15.3. The molecule has 49 heavy (non-hydrogen) atoms. The lowest BCUT2D eigenvalue weighted by Gasteiger charge is -2.32. The number of carbonyl (C=O) groups excluding carboxylic acids is 1. The zero-order valence-corrected chi connectivity index (χ0v) is 30.9. The smallest absolute Gasteiger partial charge is 0.311 e. The summed E-state index contributed by atoms with van der Waals surface area (Å²) >= 11 is 0. The van der Waals surface area contributed by atoms with Crippen LogP contribution in [0.25, 0.3) is 11.1 Å². The van der Waals surface area contributed by atoms with Gasteiger partial charge in [-0.2, -0.15) is 0 Å². The number of hydrogen-bond donors (Lipinski definition) is 1. The minimum Gasteiger partial charge on any atom is -0.460 e. The summed E-state index contributed by atoms with van der Waals surface area (Å²) < 4.78 is 36.0. The van der Waals surface area contributed by atoms with Crippen LogP contribution in [0.2, 0.25) is 0 Å². The molecule has 0 spiro atoms. The van der Waals surface area contributed by atoms with Crippen LogP contribution in [0.5, 0.6) is 0 Å². The van der Waals surface area contributed by atoms with Gasteiger partial charge in [0.15, 0.2) is 0 Å². The SMILES string of the molecule is CCN(CC)c1ccc(C(=C2C=CC(=NC3CCCCC3OC(=O)C(C)(C)CC)c3cccc(S(=O)(=O)NC)c32)c2ccc(C)cc2)cc1. The molecule has 260 valence electrons. The number of benzene rings is 3. The maximum Gasteiger partial charge on any atom is 0.311 e. The predicted molar refractivity (Wildman–Crippen MR) is 202 cm³/mol. The number of esters is 1. The van der Waals surface area contributed by atoms with Gasteiger partial charge in [-0.05, 0) is 114 Å². The Labute approximate surface area is 293 Å². The third-order valence-electron chi connectivity index (χ3n) is 10.1. The molecule has 2 aliphatic carbocycles. The van der Waals surface area contributed by atoms with Crippen LogP contribution in [-0.4, -0.2) is 52.4 Å². The molecule has 0 bridgehead atoms. The highest BCUT2D eigenvalue weighted by molar-refractivity contribution is 7.89. The fraction of sp³-hybridized carbons (Fsp3) is 0.415. The van der Waals surface area contributed by atoms with E-state index in [4.69, 9.17) is 9.73 Å². The number of carbonyl (C=O) groups is 1. The summed E-state index contributed by atoms with van der Waals surface area (Å²) in [4.78, 5) is 20.9. The molecule has 7 nitrogen and oxygen atoms in total. The fourth-order valence-corrected chi connectivity index (χ4v) is 7.59. The van der Waals surface area contributed by atoms with Gasteiger partial charge in [0.2, 0.25) is 10.0 Å². The van der Waals surface area contributed by atoms with Gasteiger partial charge in [0, 0.05) is 29.9 Å². The molecular weight excluding hydrogens is 631 g/mol. The van der Waals surface area contributed by atoms with Crippen molar-refractivity contribution in [2.45, 2.75) is 90.7 Å². The van der Waals surface area contributed by atoms with Crippen molar-refractivity contribution in [3.05, 3.63) is 107 Å². The van der Waals surface area contributed by atoms with Crippen molar-refractivity contribution in [2.75, 3.05) is 25.0 Å². The van der Waals surface area contributed by atoms with Gasteiger partial charge in [0.05, 0.1) is 22.1 Å². The second-order valence-electron chi connectivity index (χ2n) is 13.6. The number of hydrogen-bond acceptors (Lipinski definition) is 6. The van der Waals surface area contributed by atoms with Crippen molar-refractivity contribution < 1.29 is 17.9 Å². The molecule has 3 aromatic rings. The van der Waals surface area contributed by atoms with E-state index < -0.39 is 15.4 Å². The average Bonchev–Trinajstić information content (AvgIpc) is 3.11. The number of nitrogens with zero attached hydrogens (tertiary/aromatic N) is 2. The summed E-state index contributed by atoms with van der Waals surface area (Å²) in [5, 5.41) is 0. The molecule has 2 aliphatic rings. The van der Waals surface area contributed by atoms with Crippen molar-refractivity contribution in [1.29, 1.82) is 0 Å². The zero-order valence-electron chi connectivity index (χ0n) is 30.0. The third-order valence-corrected chi connectivity index (χ3v) is 11.6. The fourth-order valence-electron chi connectivity index (χ4n) is 6.62. The van der Waals surface area contributed by atoms with Gasteiger partial charge < -0.3 is 9.64 Å². The molecular formula is C41H51N3O4S. The number of rotatable bonds is 11. The summed E-state index contributed by atoms with van der Waals surface area (Å²) in [6.45, 7) is 14.0. The molecule has 0 aromatic heterocycles. The van der Waals surface area contributed by atoms with Crippen molar-refractivity contribution in [2.24, 2.45) is 10.4 Å². The number of nitrogens with one attached hydrogen (secondary N) is 1. The average molecular weight is 682 g/mol.